The number of aryl methyl sites for hydroxylation is 3. The highest BCUT2D eigenvalue weighted by molar-refractivity contribution is 6.15. The van der Waals surface area contributed by atoms with Gasteiger partial charge in [-0.25, -0.2) is 0 Å². The summed E-state index contributed by atoms with van der Waals surface area (Å²) in [6.45, 7) is 6.57. The molecule has 0 spiro atoms. The summed E-state index contributed by atoms with van der Waals surface area (Å²) < 4.78 is 14.2. The Morgan fingerprint density at radius 1 is 1.03 bits per heavy atom. The van der Waals surface area contributed by atoms with Gasteiger partial charge in [-0.3, -0.25) is 4.79 Å². The van der Waals surface area contributed by atoms with Crippen LogP contribution in [0.1, 0.15) is 38.2 Å². The molecule has 0 N–H and O–H groups in total. The number of benzene rings is 3. The minimum Gasteiger partial charge on any atom is -0.488 e. The summed E-state index contributed by atoms with van der Waals surface area (Å²) in [7, 11) is 2.00. The minimum atomic E-state index is -0.0999. The molecule has 0 saturated carbocycles. The van der Waals surface area contributed by atoms with Gasteiger partial charge in [-0.1, -0.05) is 42.0 Å². The first-order chi connectivity index (χ1) is 15.4. The maximum Gasteiger partial charge on any atom is 0.231 e. The third-order valence-corrected chi connectivity index (χ3v) is 6.14. The summed E-state index contributed by atoms with van der Waals surface area (Å²) in [6, 6.07) is 18.1. The Balaban J connectivity index is 1.44. The fraction of sp³-hybridized carbons (Fsp3) is 0.179. The van der Waals surface area contributed by atoms with E-state index < -0.39 is 0 Å². The number of Topliss-reactive ketones (excluding diaryl/α,β-unsaturated/α-hetero) is 1. The van der Waals surface area contributed by atoms with E-state index in [4.69, 9.17) is 9.47 Å². The van der Waals surface area contributed by atoms with E-state index in [1.807, 2.05) is 44.4 Å². The van der Waals surface area contributed by atoms with Gasteiger partial charge in [0.2, 0.25) is 5.78 Å². The predicted octanol–water partition coefficient (Wildman–Crippen LogP) is 6.30. The van der Waals surface area contributed by atoms with Crippen LogP contribution in [-0.2, 0) is 13.7 Å². The van der Waals surface area contributed by atoms with Crippen LogP contribution in [0.4, 0.5) is 0 Å². The lowest BCUT2D eigenvalue weighted by atomic mass is 10.0. The van der Waals surface area contributed by atoms with Gasteiger partial charge in [-0.2, -0.15) is 0 Å². The van der Waals surface area contributed by atoms with E-state index in [-0.39, 0.29) is 5.78 Å². The maximum absolute atomic E-state index is 13.0. The van der Waals surface area contributed by atoms with Gasteiger partial charge in [-0.05, 0) is 56.2 Å². The minimum absolute atomic E-state index is 0.0999. The largest absolute Gasteiger partial charge is 0.488 e. The van der Waals surface area contributed by atoms with Gasteiger partial charge in [0.1, 0.15) is 18.1 Å². The van der Waals surface area contributed by atoms with Gasteiger partial charge in [0, 0.05) is 35.3 Å². The third-order valence-electron chi connectivity index (χ3n) is 6.14. The molecule has 1 aromatic heterocycles. The molecular weight excluding hydrogens is 398 g/mol. The molecule has 1 aliphatic heterocycles. The van der Waals surface area contributed by atoms with E-state index in [2.05, 4.69) is 48.7 Å². The van der Waals surface area contributed by atoms with E-state index >= 15 is 0 Å². The summed E-state index contributed by atoms with van der Waals surface area (Å²) in [5.41, 5.74) is 7.04. The first-order valence-corrected chi connectivity index (χ1v) is 10.7. The lowest BCUT2D eigenvalue weighted by molar-refractivity contribution is 0.101. The zero-order valence-corrected chi connectivity index (χ0v) is 18.7. The highest BCUT2D eigenvalue weighted by Gasteiger charge is 2.30. The molecule has 160 valence electrons. The van der Waals surface area contributed by atoms with Crippen LogP contribution < -0.4 is 9.47 Å². The fourth-order valence-corrected chi connectivity index (χ4v) is 4.26. The van der Waals surface area contributed by atoms with Gasteiger partial charge in [-0.15, -0.1) is 0 Å². The highest BCUT2D eigenvalue weighted by Crippen LogP contribution is 2.40. The molecule has 4 heteroatoms. The van der Waals surface area contributed by atoms with Crippen LogP contribution in [0.25, 0.3) is 17.0 Å². The van der Waals surface area contributed by atoms with Crippen LogP contribution in [0.3, 0.4) is 0 Å². The Hall–Kier alpha value is -3.79. The zero-order valence-electron chi connectivity index (χ0n) is 18.7. The molecule has 0 radical (unpaired) electrons. The van der Waals surface area contributed by atoms with Crippen molar-refractivity contribution >= 4 is 22.8 Å². The molecule has 4 nitrogen and oxygen atoms in total. The fourth-order valence-electron chi connectivity index (χ4n) is 4.26. The normalized spacial score (nSPS) is 14.1. The first-order valence-electron chi connectivity index (χ1n) is 10.7. The molecule has 0 amide bonds. The molecule has 0 saturated heterocycles. The van der Waals surface area contributed by atoms with Crippen molar-refractivity contribution in [3.05, 3.63) is 99.9 Å². The number of rotatable bonds is 4. The Morgan fingerprint density at radius 3 is 2.69 bits per heavy atom. The average molecular weight is 424 g/mol. The van der Waals surface area contributed by atoms with Crippen LogP contribution in [0.5, 0.6) is 11.5 Å². The number of ether oxygens (including phenoxy) is 2. The van der Waals surface area contributed by atoms with Crippen molar-refractivity contribution in [1.29, 1.82) is 0 Å². The van der Waals surface area contributed by atoms with Crippen LogP contribution in [0, 0.1) is 20.8 Å². The summed E-state index contributed by atoms with van der Waals surface area (Å²) in [6.07, 6.45) is 3.85. The van der Waals surface area contributed by atoms with Gasteiger partial charge >= 0.3 is 0 Å². The number of nitrogens with zero attached hydrogens (tertiary/aromatic N) is 1. The second-order valence-electron chi connectivity index (χ2n) is 8.44. The summed E-state index contributed by atoms with van der Waals surface area (Å²) in [5, 5.41) is 1.09. The number of carbonyl (C=O) groups is 1. The van der Waals surface area contributed by atoms with E-state index in [0.29, 0.717) is 23.7 Å². The van der Waals surface area contributed by atoms with Gasteiger partial charge in [0.05, 0.1) is 5.56 Å². The molecule has 2 heterocycles. The van der Waals surface area contributed by atoms with E-state index in [0.717, 1.165) is 33.3 Å². The monoisotopic (exact) mass is 423 g/mol. The number of carbonyl (C=O) groups excluding carboxylic acids is 1. The number of fused-ring (bicyclic) bond motifs is 2. The molecule has 0 unspecified atom stereocenters. The van der Waals surface area contributed by atoms with Gasteiger partial charge < -0.3 is 14.0 Å². The van der Waals surface area contributed by atoms with Crippen LogP contribution in [-0.4, -0.2) is 10.4 Å². The summed E-state index contributed by atoms with van der Waals surface area (Å²) >= 11 is 0. The average Bonchev–Trinajstić information content (AvgIpc) is 3.28. The molecule has 3 aromatic carbocycles. The highest BCUT2D eigenvalue weighted by atomic mass is 16.5. The number of hydrogen-bond acceptors (Lipinski definition) is 3. The Kier molecular flexibility index (Phi) is 4.86. The smallest absolute Gasteiger partial charge is 0.231 e. The van der Waals surface area contributed by atoms with Crippen LogP contribution >= 0.6 is 0 Å². The van der Waals surface area contributed by atoms with E-state index in [1.54, 1.807) is 6.07 Å². The SMILES string of the molecule is Cc1ccc(C)c(COc2ccc3c(c2C)O/C(=C/c2cn(C)c4ccccc24)C3=O)c1. The predicted molar refractivity (Wildman–Crippen MR) is 127 cm³/mol. The number of aromatic nitrogens is 1. The Bertz CT molecular complexity index is 1410. The Labute approximate surface area is 187 Å². The van der Waals surface area contributed by atoms with Gasteiger partial charge in [0.25, 0.3) is 0 Å². The van der Waals surface area contributed by atoms with Crippen molar-refractivity contribution in [2.75, 3.05) is 0 Å². The quantitative estimate of drug-likeness (QED) is 0.362. The second-order valence-corrected chi connectivity index (χ2v) is 8.44. The first kappa shape index (κ1) is 20.1. The molecular formula is C28H25NO3. The van der Waals surface area contributed by atoms with Crippen molar-refractivity contribution in [3.63, 3.8) is 0 Å². The standard InChI is InChI=1S/C28H25NO3/c1-17-9-10-18(2)21(13-17)16-31-25-12-11-23-27(30)26(32-28(23)19(25)3)14-20-15-29(4)24-8-6-5-7-22(20)24/h5-15H,16H2,1-4H3/b26-14+. The van der Waals surface area contributed by atoms with Crippen molar-refractivity contribution in [2.45, 2.75) is 27.4 Å². The van der Waals surface area contributed by atoms with Crippen molar-refractivity contribution < 1.29 is 14.3 Å². The lowest BCUT2D eigenvalue weighted by Gasteiger charge is -2.13. The number of hydrogen-bond donors (Lipinski definition) is 0. The van der Waals surface area contributed by atoms with Crippen molar-refractivity contribution in [1.82, 2.24) is 4.57 Å². The molecule has 1 aliphatic rings. The van der Waals surface area contributed by atoms with Crippen LogP contribution in [0.2, 0.25) is 0 Å². The third kappa shape index (κ3) is 3.38. The van der Waals surface area contributed by atoms with E-state index in [9.17, 15) is 4.79 Å². The lowest BCUT2D eigenvalue weighted by Crippen LogP contribution is -2.00. The molecule has 32 heavy (non-hydrogen) atoms. The molecule has 0 fully saturated rings. The molecule has 0 bridgehead atoms. The Morgan fingerprint density at radius 2 is 1.84 bits per heavy atom. The molecule has 0 aliphatic carbocycles. The molecule has 0 atom stereocenters. The summed E-state index contributed by atoms with van der Waals surface area (Å²) in [5.74, 6) is 1.55. The zero-order chi connectivity index (χ0) is 22.4. The van der Waals surface area contributed by atoms with Crippen molar-refractivity contribution in [3.8, 4) is 11.5 Å². The van der Waals surface area contributed by atoms with Crippen LogP contribution in [0.15, 0.2) is 66.6 Å². The number of para-hydroxylation sites is 1. The number of ketones is 1. The van der Waals surface area contributed by atoms with Gasteiger partial charge in [0.15, 0.2) is 5.76 Å². The second kappa shape index (κ2) is 7.72. The maximum atomic E-state index is 13.0. The molecule has 5 rings (SSSR count). The van der Waals surface area contributed by atoms with Crippen molar-refractivity contribution in [2.24, 2.45) is 7.05 Å². The summed E-state index contributed by atoms with van der Waals surface area (Å²) in [4.78, 5) is 13.0. The molecule has 4 aromatic rings. The topological polar surface area (TPSA) is 40.5 Å². The number of allylic oxidation sites excluding steroid dienone is 1. The van der Waals surface area contributed by atoms with E-state index in [1.165, 1.54) is 11.1 Å².